The summed E-state index contributed by atoms with van der Waals surface area (Å²) in [5, 5.41) is 30.5. The molecular weight excluding hydrogens is 192 g/mol. The Morgan fingerprint density at radius 3 is 2.29 bits per heavy atom. The number of hydrogen-bond acceptors (Lipinski definition) is 4. The molecule has 0 aromatic heterocycles. The van der Waals surface area contributed by atoms with E-state index in [0.29, 0.717) is 0 Å². The molecule has 2 unspecified atom stereocenters. The third-order valence-electron chi connectivity index (χ3n) is 2.06. The number of nitrogens with zero attached hydrogens (tertiary/aromatic N) is 4. The standard InChI is InChI=1S/C6H10N4O4/c7-9-8-5-3(11)1-10(6(13)14)2-4(5)12/h3-5,11-12H,1-2H2,(H,13,14). The van der Waals surface area contributed by atoms with E-state index in [2.05, 4.69) is 10.0 Å². The minimum atomic E-state index is -1.22. The van der Waals surface area contributed by atoms with Crippen molar-refractivity contribution < 1.29 is 20.1 Å². The highest BCUT2D eigenvalue weighted by molar-refractivity contribution is 5.65. The summed E-state index contributed by atoms with van der Waals surface area (Å²) in [6, 6.07) is -0.976. The minimum Gasteiger partial charge on any atom is -0.465 e. The summed E-state index contributed by atoms with van der Waals surface area (Å²) < 4.78 is 0. The minimum absolute atomic E-state index is 0.157. The summed E-state index contributed by atoms with van der Waals surface area (Å²) >= 11 is 0. The molecule has 0 spiro atoms. The Bertz CT molecular complexity index is 265. The highest BCUT2D eigenvalue weighted by Crippen LogP contribution is 2.15. The molecule has 1 heterocycles. The zero-order valence-electron chi connectivity index (χ0n) is 7.19. The number of aliphatic hydroxyl groups is 2. The van der Waals surface area contributed by atoms with E-state index in [4.69, 9.17) is 10.6 Å². The summed E-state index contributed by atoms with van der Waals surface area (Å²) in [5.41, 5.74) is 8.14. The topological polar surface area (TPSA) is 130 Å². The number of amides is 1. The lowest BCUT2D eigenvalue weighted by atomic mass is 10.0. The lowest BCUT2D eigenvalue weighted by Gasteiger charge is -2.35. The van der Waals surface area contributed by atoms with Crippen molar-refractivity contribution in [3.63, 3.8) is 0 Å². The van der Waals surface area contributed by atoms with Crippen LogP contribution in [0.5, 0.6) is 0 Å². The lowest BCUT2D eigenvalue weighted by Crippen LogP contribution is -2.55. The number of likely N-dealkylation sites (tertiary alicyclic amines) is 1. The maximum absolute atomic E-state index is 10.5. The van der Waals surface area contributed by atoms with Gasteiger partial charge in [-0.25, -0.2) is 4.79 Å². The van der Waals surface area contributed by atoms with Gasteiger partial charge in [-0.1, -0.05) is 5.11 Å². The van der Waals surface area contributed by atoms with Crippen LogP contribution in [0.1, 0.15) is 0 Å². The zero-order chi connectivity index (χ0) is 10.7. The van der Waals surface area contributed by atoms with Crippen LogP contribution in [-0.4, -0.2) is 57.7 Å². The van der Waals surface area contributed by atoms with Crippen LogP contribution >= 0.6 is 0 Å². The number of β-amino-alcohol motifs (C(OH)–C–C–N with tert-alkyl or cyclic N) is 2. The summed E-state index contributed by atoms with van der Waals surface area (Å²) in [6.45, 7) is -0.313. The van der Waals surface area contributed by atoms with Gasteiger partial charge in [-0.3, -0.25) is 0 Å². The Hall–Kier alpha value is -1.50. The van der Waals surface area contributed by atoms with E-state index < -0.39 is 24.3 Å². The highest BCUT2D eigenvalue weighted by Gasteiger charge is 2.36. The highest BCUT2D eigenvalue weighted by atomic mass is 16.4. The van der Waals surface area contributed by atoms with Crippen LogP contribution in [0.3, 0.4) is 0 Å². The first kappa shape index (κ1) is 10.6. The Kier molecular flexibility index (Phi) is 3.13. The fourth-order valence-corrected chi connectivity index (χ4v) is 1.37. The van der Waals surface area contributed by atoms with Crippen LogP contribution in [0.15, 0.2) is 5.11 Å². The first-order chi connectivity index (χ1) is 6.56. The molecule has 0 bridgehead atoms. The van der Waals surface area contributed by atoms with E-state index in [9.17, 15) is 15.0 Å². The van der Waals surface area contributed by atoms with Gasteiger partial charge in [-0.2, -0.15) is 0 Å². The lowest BCUT2D eigenvalue weighted by molar-refractivity contribution is -0.0197. The molecule has 0 aromatic carbocycles. The average Bonchev–Trinajstić information content (AvgIpc) is 2.10. The molecule has 0 radical (unpaired) electrons. The van der Waals surface area contributed by atoms with Crippen molar-refractivity contribution in [3.05, 3.63) is 10.4 Å². The average molecular weight is 202 g/mol. The molecule has 2 atom stereocenters. The molecule has 3 N–H and O–H groups in total. The third-order valence-corrected chi connectivity index (χ3v) is 2.06. The van der Waals surface area contributed by atoms with E-state index in [1.165, 1.54) is 0 Å². The number of aliphatic hydroxyl groups excluding tert-OH is 2. The number of piperidine rings is 1. The number of carboxylic acid groups (broad SMARTS) is 1. The molecule has 0 aliphatic carbocycles. The largest absolute Gasteiger partial charge is 0.465 e. The fourth-order valence-electron chi connectivity index (χ4n) is 1.37. The van der Waals surface area contributed by atoms with Crippen LogP contribution < -0.4 is 0 Å². The summed E-state index contributed by atoms with van der Waals surface area (Å²) in [5.74, 6) is 0. The molecule has 8 heteroatoms. The predicted octanol–water partition coefficient (Wildman–Crippen LogP) is -0.619. The van der Waals surface area contributed by atoms with Crippen molar-refractivity contribution in [1.82, 2.24) is 4.90 Å². The van der Waals surface area contributed by atoms with Gasteiger partial charge in [0.25, 0.3) is 0 Å². The van der Waals surface area contributed by atoms with Gasteiger partial charge < -0.3 is 20.2 Å². The number of hydrogen-bond donors (Lipinski definition) is 3. The molecular formula is C6H10N4O4. The molecule has 14 heavy (non-hydrogen) atoms. The molecule has 1 aliphatic rings. The first-order valence-corrected chi connectivity index (χ1v) is 3.94. The maximum Gasteiger partial charge on any atom is 0.407 e. The van der Waals surface area contributed by atoms with Crippen LogP contribution in [0, 0.1) is 0 Å². The second-order valence-electron chi connectivity index (χ2n) is 3.02. The summed E-state index contributed by atoms with van der Waals surface area (Å²) in [7, 11) is 0. The molecule has 1 saturated heterocycles. The molecule has 1 rings (SSSR count). The van der Waals surface area contributed by atoms with Crippen molar-refractivity contribution in [2.45, 2.75) is 18.2 Å². The van der Waals surface area contributed by atoms with Crippen molar-refractivity contribution in [2.75, 3.05) is 13.1 Å². The molecule has 0 aromatic rings. The number of carbonyl (C=O) groups is 1. The normalized spacial score (nSPS) is 32.1. The van der Waals surface area contributed by atoms with E-state index in [1.807, 2.05) is 0 Å². The van der Waals surface area contributed by atoms with Crippen LogP contribution in [0.2, 0.25) is 0 Å². The van der Waals surface area contributed by atoms with Crippen molar-refractivity contribution in [3.8, 4) is 0 Å². The van der Waals surface area contributed by atoms with Crippen molar-refractivity contribution in [2.24, 2.45) is 5.11 Å². The van der Waals surface area contributed by atoms with Crippen LogP contribution in [-0.2, 0) is 0 Å². The smallest absolute Gasteiger partial charge is 0.407 e. The van der Waals surface area contributed by atoms with E-state index in [0.717, 1.165) is 4.90 Å². The number of rotatable bonds is 1. The molecule has 8 nitrogen and oxygen atoms in total. The van der Waals surface area contributed by atoms with Gasteiger partial charge in [0.15, 0.2) is 0 Å². The molecule has 1 amide bonds. The predicted molar refractivity (Wildman–Crippen MR) is 44.5 cm³/mol. The second kappa shape index (κ2) is 4.14. The zero-order valence-corrected chi connectivity index (χ0v) is 7.19. The Labute approximate surface area is 79.0 Å². The number of azide groups is 1. The second-order valence-corrected chi connectivity index (χ2v) is 3.02. The van der Waals surface area contributed by atoms with Gasteiger partial charge in [-0.15, -0.1) is 0 Å². The van der Waals surface area contributed by atoms with Crippen LogP contribution in [0.25, 0.3) is 10.4 Å². The Morgan fingerprint density at radius 2 is 1.93 bits per heavy atom. The summed E-state index contributed by atoms with van der Waals surface area (Å²) in [4.78, 5) is 13.9. The van der Waals surface area contributed by atoms with Gasteiger partial charge in [0.1, 0.15) is 0 Å². The van der Waals surface area contributed by atoms with Crippen molar-refractivity contribution in [1.29, 1.82) is 0 Å². The van der Waals surface area contributed by atoms with Gasteiger partial charge >= 0.3 is 6.09 Å². The molecule has 1 fully saturated rings. The molecule has 78 valence electrons. The Balaban J connectivity index is 2.72. The maximum atomic E-state index is 10.5. The van der Waals surface area contributed by atoms with E-state index in [1.54, 1.807) is 0 Å². The van der Waals surface area contributed by atoms with Gasteiger partial charge in [0.2, 0.25) is 0 Å². The monoisotopic (exact) mass is 202 g/mol. The molecule has 1 aliphatic heterocycles. The van der Waals surface area contributed by atoms with E-state index >= 15 is 0 Å². The summed E-state index contributed by atoms with van der Waals surface area (Å²) in [6.07, 6.45) is -3.54. The van der Waals surface area contributed by atoms with Gasteiger partial charge in [0.05, 0.1) is 31.3 Å². The van der Waals surface area contributed by atoms with Gasteiger partial charge in [-0.05, 0) is 5.53 Å². The van der Waals surface area contributed by atoms with E-state index in [-0.39, 0.29) is 13.1 Å². The molecule has 0 saturated carbocycles. The third kappa shape index (κ3) is 2.05. The van der Waals surface area contributed by atoms with Crippen LogP contribution in [0.4, 0.5) is 4.79 Å². The quantitative estimate of drug-likeness (QED) is 0.297. The first-order valence-electron chi connectivity index (χ1n) is 3.94. The van der Waals surface area contributed by atoms with Crippen molar-refractivity contribution >= 4 is 6.09 Å². The SMILES string of the molecule is [N-]=[N+]=NC1C(O)CN(C(=O)O)CC1O. The fraction of sp³-hybridized carbons (Fsp3) is 0.833. The Morgan fingerprint density at radius 1 is 1.43 bits per heavy atom. The van der Waals surface area contributed by atoms with Gasteiger partial charge in [0, 0.05) is 4.91 Å².